The van der Waals surface area contributed by atoms with Crippen LogP contribution in [0.4, 0.5) is 0 Å². The Bertz CT molecular complexity index is 709. The van der Waals surface area contributed by atoms with Crippen molar-refractivity contribution in [1.29, 1.82) is 0 Å². The highest BCUT2D eigenvalue weighted by Gasteiger charge is 2.23. The number of hydrogen-bond donors (Lipinski definition) is 2. The average molecular weight is 355 g/mol. The summed E-state index contributed by atoms with van der Waals surface area (Å²) in [5, 5.41) is 16.3. The molecule has 5 nitrogen and oxygen atoms in total. The molecule has 1 aromatic carbocycles. The summed E-state index contributed by atoms with van der Waals surface area (Å²) in [4.78, 5) is 14.5. The van der Waals surface area contributed by atoms with Crippen LogP contribution >= 0.6 is 0 Å². The van der Waals surface area contributed by atoms with Gasteiger partial charge in [0.1, 0.15) is 0 Å². The van der Waals surface area contributed by atoms with Crippen LogP contribution in [-0.2, 0) is 24.2 Å². The maximum atomic E-state index is 12.5. The zero-order valence-electron chi connectivity index (χ0n) is 15.8. The summed E-state index contributed by atoms with van der Waals surface area (Å²) in [5.74, 6) is 0.896. The fraction of sp³-hybridized carbons (Fsp3) is 0.524. The SMILES string of the molecule is Cc1n[nH]c(C)c1CCC(=O)N1CCC(Cc2ccc(CO)cc2)CC1. The topological polar surface area (TPSA) is 69.2 Å². The number of amides is 1. The lowest BCUT2D eigenvalue weighted by Crippen LogP contribution is -2.39. The van der Waals surface area contributed by atoms with E-state index in [2.05, 4.69) is 22.3 Å². The molecule has 0 unspecified atom stereocenters. The van der Waals surface area contributed by atoms with Gasteiger partial charge in [-0.3, -0.25) is 9.89 Å². The van der Waals surface area contributed by atoms with Crippen LogP contribution in [0, 0.1) is 19.8 Å². The Labute approximate surface area is 155 Å². The van der Waals surface area contributed by atoms with Crippen molar-refractivity contribution in [2.45, 2.75) is 52.6 Å². The molecule has 5 heteroatoms. The molecule has 2 heterocycles. The third-order valence-corrected chi connectivity index (χ3v) is 5.57. The van der Waals surface area contributed by atoms with E-state index < -0.39 is 0 Å². The molecule has 0 aliphatic carbocycles. The summed E-state index contributed by atoms with van der Waals surface area (Å²) in [6, 6.07) is 8.21. The maximum Gasteiger partial charge on any atom is 0.222 e. The largest absolute Gasteiger partial charge is 0.392 e. The van der Waals surface area contributed by atoms with Gasteiger partial charge in [-0.25, -0.2) is 0 Å². The molecule has 0 atom stereocenters. The molecule has 1 aliphatic heterocycles. The molecule has 1 amide bonds. The predicted molar refractivity (Wildman–Crippen MR) is 102 cm³/mol. The van der Waals surface area contributed by atoms with Crippen LogP contribution in [0.5, 0.6) is 0 Å². The highest BCUT2D eigenvalue weighted by atomic mass is 16.3. The number of aryl methyl sites for hydroxylation is 2. The number of aromatic amines is 1. The summed E-state index contributed by atoms with van der Waals surface area (Å²) < 4.78 is 0. The van der Waals surface area contributed by atoms with Crippen molar-refractivity contribution in [1.82, 2.24) is 15.1 Å². The first kappa shape index (κ1) is 18.6. The number of nitrogens with zero attached hydrogens (tertiary/aromatic N) is 2. The van der Waals surface area contributed by atoms with Gasteiger partial charge in [0.25, 0.3) is 0 Å². The molecule has 1 fully saturated rings. The lowest BCUT2D eigenvalue weighted by molar-refractivity contribution is -0.132. The summed E-state index contributed by atoms with van der Waals surface area (Å²) in [5.41, 5.74) is 5.53. The molecule has 2 N–H and O–H groups in total. The number of aromatic nitrogens is 2. The van der Waals surface area contributed by atoms with Crippen molar-refractivity contribution in [2.24, 2.45) is 5.92 Å². The standard InChI is InChI=1S/C21H29N3O2/c1-15-20(16(2)23-22-15)7-8-21(26)24-11-9-18(10-12-24)13-17-3-5-19(14-25)6-4-17/h3-6,18,25H,7-14H2,1-2H3,(H,22,23). The Morgan fingerprint density at radius 3 is 2.42 bits per heavy atom. The van der Waals surface area contributed by atoms with Crippen molar-refractivity contribution in [3.05, 3.63) is 52.3 Å². The molecule has 140 valence electrons. The monoisotopic (exact) mass is 355 g/mol. The number of aliphatic hydroxyl groups is 1. The molecule has 26 heavy (non-hydrogen) atoms. The number of piperidine rings is 1. The summed E-state index contributed by atoms with van der Waals surface area (Å²) in [6.45, 7) is 5.82. The maximum absolute atomic E-state index is 12.5. The normalized spacial score (nSPS) is 15.4. The van der Waals surface area contributed by atoms with Gasteiger partial charge in [0.15, 0.2) is 0 Å². The van der Waals surface area contributed by atoms with E-state index in [-0.39, 0.29) is 12.5 Å². The molecule has 1 saturated heterocycles. The van der Waals surface area contributed by atoms with E-state index in [0.29, 0.717) is 12.3 Å². The molecule has 1 aromatic heterocycles. The van der Waals surface area contributed by atoms with Gasteiger partial charge in [0.05, 0.1) is 12.3 Å². The van der Waals surface area contributed by atoms with Crippen LogP contribution in [0.25, 0.3) is 0 Å². The van der Waals surface area contributed by atoms with Crippen LogP contribution in [0.3, 0.4) is 0 Å². The van der Waals surface area contributed by atoms with Crippen molar-refractivity contribution in [3.63, 3.8) is 0 Å². The number of nitrogens with one attached hydrogen (secondary N) is 1. The average Bonchev–Trinajstić information content (AvgIpc) is 2.99. The minimum atomic E-state index is 0.0959. The van der Waals surface area contributed by atoms with Gasteiger partial charge in [-0.1, -0.05) is 24.3 Å². The van der Waals surface area contributed by atoms with E-state index >= 15 is 0 Å². The molecule has 3 rings (SSSR count). The second-order valence-electron chi connectivity index (χ2n) is 7.42. The number of likely N-dealkylation sites (tertiary alicyclic amines) is 1. The third-order valence-electron chi connectivity index (χ3n) is 5.57. The minimum absolute atomic E-state index is 0.0959. The molecule has 0 spiro atoms. The first-order valence-corrected chi connectivity index (χ1v) is 9.53. The molecular weight excluding hydrogens is 326 g/mol. The fourth-order valence-electron chi connectivity index (χ4n) is 3.83. The molecule has 1 aliphatic rings. The summed E-state index contributed by atoms with van der Waals surface area (Å²) in [7, 11) is 0. The van der Waals surface area contributed by atoms with Crippen molar-refractivity contribution in [3.8, 4) is 0 Å². The molecule has 0 saturated carbocycles. The fourth-order valence-corrected chi connectivity index (χ4v) is 3.83. The first-order chi connectivity index (χ1) is 12.6. The van der Waals surface area contributed by atoms with Gasteiger partial charge < -0.3 is 10.0 Å². The van der Waals surface area contributed by atoms with Crippen molar-refractivity contribution in [2.75, 3.05) is 13.1 Å². The van der Waals surface area contributed by atoms with Crippen molar-refractivity contribution >= 4 is 5.91 Å². The Kier molecular flexibility index (Phi) is 6.09. The van der Waals surface area contributed by atoms with Gasteiger partial charge in [-0.05, 0) is 62.1 Å². The molecule has 0 radical (unpaired) electrons. The number of carbonyl (C=O) groups excluding carboxylic acids is 1. The quantitative estimate of drug-likeness (QED) is 0.837. The molecular formula is C21H29N3O2. The van der Waals surface area contributed by atoms with Crippen LogP contribution in [0.1, 0.15) is 47.3 Å². The first-order valence-electron chi connectivity index (χ1n) is 9.53. The Hall–Kier alpha value is -2.14. The lowest BCUT2D eigenvalue weighted by atomic mass is 9.89. The summed E-state index contributed by atoms with van der Waals surface area (Å²) >= 11 is 0. The minimum Gasteiger partial charge on any atom is -0.392 e. The number of hydrogen-bond acceptors (Lipinski definition) is 3. The number of aliphatic hydroxyl groups excluding tert-OH is 1. The van der Waals surface area contributed by atoms with Crippen LogP contribution in [0.2, 0.25) is 0 Å². The summed E-state index contributed by atoms with van der Waals surface area (Å²) in [6.07, 6.45) is 4.52. The van der Waals surface area contributed by atoms with Gasteiger partial charge in [-0.2, -0.15) is 5.10 Å². The van der Waals surface area contributed by atoms with E-state index in [1.165, 1.54) is 11.1 Å². The predicted octanol–water partition coefficient (Wildman–Crippen LogP) is 2.93. The number of rotatable bonds is 6. The Morgan fingerprint density at radius 1 is 1.19 bits per heavy atom. The van der Waals surface area contributed by atoms with Crippen LogP contribution in [-0.4, -0.2) is 39.2 Å². The Balaban J connectivity index is 1.44. The van der Waals surface area contributed by atoms with Crippen LogP contribution in [0.15, 0.2) is 24.3 Å². The lowest BCUT2D eigenvalue weighted by Gasteiger charge is -2.32. The number of carbonyl (C=O) groups is 1. The molecule has 0 bridgehead atoms. The van der Waals surface area contributed by atoms with Gasteiger partial charge in [0, 0.05) is 25.2 Å². The van der Waals surface area contributed by atoms with E-state index in [1.54, 1.807) is 0 Å². The number of H-pyrrole nitrogens is 1. The van der Waals surface area contributed by atoms with Crippen molar-refractivity contribution < 1.29 is 9.90 Å². The van der Waals surface area contributed by atoms with Gasteiger partial charge >= 0.3 is 0 Å². The highest BCUT2D eigenvalue weighted by molar-refractivity contribution is 5.76. The highest BCUT2D eigenvalue weighted by Crippen LogP contribution is 2.23. The van der Waals surface area contributed by atoms with E-state index in [4.69, 9.17) is 5.11 Å². The Morgan fingerprint density at radius 2 is 1.85 bits per heavy atom. The van der Waals surface area contributed by atoms with Gasteiger partial charge in [0.2, 0.25) is 5.91 Å². The van der Waals surface area contributed by atoms with E-state index in [1.807, 2.05) is 30.9 Å². The zero-order chi connectivity index (χ0) is 18.5. The van der Waals surface area contributed by atoms with Crippen LogP contribution < -0.4 is 0 Å². The van der Waals surface area contributed by atoms with Gasteiger partial charge in [-0.15, -0.1) is 0 Å². The second-order valence-corrected chi connectivity index (χ2v) is 7.42. The van der Waals surface area contributed by atoms with E-state index in [9.17, 15) is 4.79 Å². The number of benzene rings is 1. The van der Waals surface area contributed by atoms with E-state index in [0.717, 1.165) is 55.7 Å². The smallest absolute Gasteiger partial charge is 0.222 e. The third kappa shape index (κ3) is 4.52. The second kappa shape index (κ2) is 8.49. The zero-order valence-corrected chi connectivity index (χ0v) is 15.8. The molecule has 2 aromatic rings.